The van der Waals surface area contributed by atoms with Gasteiger partial charge >= 0.3 is 12.1 Å². The molecule has 0 radical (unpaired) electrons. The number of aliphatic hydroxyl groups is 1. The summed E-state index contributed by atoms with van der Waals surface area (Å²) in [7, 11) is 3.05. The summed E-state index contributed by atoms with van der Waals surface area (Å²) in [6.07, 6.45) is 0.899. The second-order valence-corrected chi connectivity index (χ2v) is 13.9. The first kappa shape index (κ1) is 36.3. The average molecular weight is 700 g/mol. The number of hydrogen-bond donors (Lipinski definition) is 3. The van der Waals surface area contributed by atoms with Gasteiger partial charge in [-0.3, -0.25) is 14.9 Å². The maximum Gasteiger partial charge on any atom is 0.412 e. The molecule has 2 aromatic rings. The molecule has 3 aliphatic rings. The number of epoxide rings is 1. The van der Waals surface area contributed by atoms with Crippen molar-refractivity contribution in [2.24, 2.45) is 5.92 Å². The Morgan fingerprint density at radius 1 is 1.22 bits per heavy atom. The van der Waals surface area contributed by atoms with Crippen molar-refractivity contribution in [3.63, 3.8) is 0 Å². The zero-order chi connectivity index (χ0) is 35.8. The second-order valence-electron chi connectivity index (χ2n) is 13.5. The van der Waals surface area contributed by atoms with E-state index in [1.165, 1.54) is 24.1 Å². The molecule has 264 valence electrons. The number of amides is 2. The number of nitrogen functional groups attached to an aromatic ring is 1. The molecule has 7 atom stereocenters. The molecule has 2 saturated heterocycles. The van der Waals surface area contributed by atoms with Gasteiger partial charge in [-0.25, -0.2) is 9.18 Å². The SMILES string of the molecule is CO[C@@H]1/C=C/C=C(\C)Cc2cc(C)c(Cl)c(c2)N(C)C(=O)C[C@H](OC(=O)Nc2cc(N)ccc2F)[C@]2(C)O[C@H]2[C@H](C)[C@@H]2C[C@@]1(O)CC(=O)O2. The van der Waals surface area contributed by atoms with Crippen LogP contribution in [-0.2, 0) is 35.0 Å². The van der Waals surface area contributed by atoms with Gasteiger partial charge in [0.15, 0.2) is 0 Å². The van der Waals surface area contributed by atoms with E-state index in [1.54, 1.807) is 33.0 Å². The normalized spacial score (nSPS) is 32.3. The van der Waals surface area contributed by atoms with Crippen LogP contribution in [0.25, 0.3) is 0 Å². The van der Waals surface area contributed by atoms with Crippen molar-refractivity contribution in [3.05, 3.63) is 76.1 Å². The van der Waals surface area contributed by atoms with Crippen LogP contribution in [0.5, 0.6) is 0 Å². The van der Waals surface area contributed by atoms with Gasteiger partial charge < -0.3 is 34.7 Å². The Morgan fingerprint density at radius 2 is 1.96 bits per heavy atom. The van der Waals surface area contributed by atoms with Gasteiger partial charge in [0.2, 0.25) is 5.91 Å². The molecule has 2 fully saturated rings. The lowest BCUT2D eigenvalue weighted by Gasteiger charge is -2.41. The number of aryl methyl sites for hydroxylation is 1. The molecule has 4 bridgehead atoms. The van der Waals surface area contributed by atoms with Crippen molar-refractivity contribution in [3.8, 4) is 0 Å². The first-order valence-corrected chi connectivity index (χ1v) is 16.5. The summed E-state index contributed by atoms with van der Waals surface area (Å²) >= 11 is 6.72. The third kappa shape index (κ3) is 7.77. The number of rotatable bonds is 3. The van der Waals surface area contributed by atoms with E-state index in [9.17, 15) is 23.9 Å². The Morgan fingerprint density at radius 3 is 2.67 bits per heavy atom. The molecular formula is C36H43ClFN3O8. The summed E-state index contributed by atoms with van der Waals surface area (Å²) in [6.45, 7) is 7.29. The van der Waals surface area contributed by atoms with E-state index in [0.29, 0.717) is 17.1 Å². The zero-order valence-corrected chi connectivity index (χ0v) is 29.2. The lowest BCUT2D eigenvalue weighted by atomic mass is 9.78. The highest BCUT2D eigenvalue weighted by Gasteiger charge is 2.64. The third-order valence-electron chi connectivity index (χ3n) is 9.68. The first-order chi connectivity index (χ1) is 23.0. The van der Waals surface area contributed by atoms with E-state index in [2.05, 4.69) is 5.32 Å². The van der Waals surface area contributed by atoms with Gasteiger partial charge in [0, 0.05) is 32.2 Å². The summed E-state index contributed by atoms with van der Waals surface area (Å²) in [4.78, 5) is 41.4. The highest BCUT2D eigenvalue weighted by molar-refractivity contribution is 6.34. The third-order valence-corrected chi connectivity index (χ3v) is 10.2. The molecule has 0 unspecified atom stereocenters. The number of hydrogen-bond acceptors (Lipinski definition) is 9. The van der Waals surface area contributed by atoms with Crippen molar-refractivity contribution >= 4 is 46.6 Å². The number of anilines is 3. The number of nitrogens with one attached hydrogen (secondary N) is 1. The minimum Gasteiger partial charge on any atom is -0.462 e. The van der Waals surface area contributed by atoms with E-state index in [1.807, 2.05) is 32.1 Å². The number of carbonyl (C=O) groups excluding carboxylic acids is 3. The van der Waals surface area contributed by atoms with E-state index in [4.69, 9.17) is 36.3 Å². The summed E-state index contributed by atoms with van der Waals surface area (Å²) in [6, 6.07) is 7.48. The highest BCUT2D eigenvalue weighted by Crippen LogP contribution is 2.49. The van der Waals surface area contributed by atoms with Crippen LogP contribution < -0.4 is 16.0 Å². The summed E-state index contributed by atoms with van der Waals surface area (Å²) in [5.74, 6) is -2.26. The van der Waals surface area contributed by atoms with Crippen LogP contribution in [-0.4, -0.2) is 72.9 Å². The Bertz CT molecular complexity index is 1700. The number of nitrogens with two attached hydrogens (primary N) is 1. The highest BCUT2D eigenvalue weighted by atomic mass is 35.5. The summed E-state index contributed by atoms with van der Waals surface area (Å²) < 4.78 is 37.9. The quantitative estimate of drug-likeness (QED) is 0.210. The van der Waals surface area contributed by atoms with Crippen LogP contribution in [0.3, 0.4) is 0 Å². The van der Waals surface area contributed by atoms with Crippen molar-refractivity contribution < 1.29 is 42.8 Å². The molecule has 0 aromatic heterocycles. The van der Waals surface area contributed by atoms with Gasteiger partial charge in [0.05, 0.1) is 35.3 Å². The molecule has 3 heterocycles. The summed E-state index contributed by atoms with van der Waals surface area (Å²) in [5.41, 5.74) is 6.13. The Hall–Kier alpha value is -3.97. The first-order valence-electron chi connectivity index (χ1n) is 16.1. The number of methoxy groups -OCH3 is 1. The molecule has 49 heavy (non-hydrogen) atoms. The molecular weight excluding hydrogens is 657 g/mol. The fraction of sp³-hybridized carbons (Fsp3) is 0.472. The predicted molar refractivity (Wildman–Crippen MR) is 183 cm³/mol. The summed E-state index contributed by atoms with van der Waals surface area (Å²) in [5, 5.41) is 14.5. The minimum absolute atomic E-state index is 0.0490. The van der Waals surface area contributed by atoms with Crippen LogP contribution in [0.15, 0.2) is 54.1 Å². The largest absolute Gasteiger partial charge is 0.462 e. The molecule has 11 nitrogen and oxygen atoms in total. The number of nitrogens with zero attached hydrogens (tertiary/aromatic N) is 1. The molecule has 0 spiro atoms. The fourth-order valence-electron chi connectivity index (χ4n) is 6.80. The smallest absolute Gasteiger partial charge is 0.412 e. The van der Waals surface area contributed by atoms with E-state index in [0.717, 1.165) is 22.8 Å². The van der Waals surface area contributed by atoms with E-state index in [-0.39, 0.29) is 30.6 Å². The Labute approximate surface area is 290 Å². The molecule has 0 aliphatic carbocycles. The number of benzene rings is 2. The van der Waals surface area contributed by atoms with Gasteiger partial charge in [0.25, 0.3) is 0 Å². The monoisotopic (exact) mass is 699 g/mol. The molecule has 2 aromatic carbocycles. The standard InChI is InChI=1S/C36H43ClFN3O8/c1-19-8-7-9-28(46-6)36(45)17-27(47-31(43)18-36)21(3)33-35(4,49-33)29(48-34(44)40-25-15-23(39)10-11-24(25)38)16-30(42)41(5)26-14-22(12-19)13-20(2)32(26)37/h7-11,13-15,21,27-29,33,45H,12,16-18,39H2,1-6H3,(H,40,44)/b9-7+,19-8+/t21-,27+,28-,29+,33+,35+,36-/m1/s1. The van der Waals surface area contributed by atoms with Gasteiger partial charge in [-0.1, -0.05) is 48.4 Å². The van der Waals surface area contributed by atoms with Gasteiger partial charge in [-0.15, -0.1) is 0 Å². The topological polar surface area (TPSA) is 153 Å². The molecule has 0 saturated carbocycles. The molecule has 13 heteroatoms. The lowest BCUT2D eigenvalue weighted by molar-refractivity contribution is -0.187. The molecule has 5 rings (SSSR count). The second kappa shape index (κ2) is 14.1. The minimum atomic E-state index is -1.58. The van der Waals surface area contributed by atoms with E-state index < -0.39 is 65.3 Å². The van der Waals surface area contributed by atoms with Crippen molar-refractivity contribution in [1.82, 2.24) is 0 Å². The number of fused-ring (bicyclic) bond motifs is 5. The van der Waals surface area contributed by atoms with Crippen LogP contribution in [0.4, 0.5) is 26.2 Å². The van der Waals surface area contributed by atoms with Gasteiger partial charge in [-0.2, -0.15) is 0 Å². The predicted octanol–water partition coefficient (Wildman–Crippen LogP) is 5.64. The van der Waals surface area contributed by atoms with Crippen molar-refractivity contribution in [1.29, 1.82) is 0 Å². The van der Waals surface area contributed by atoms with Crippen molar-refractivity contribution in [2.45, 2.75) is 89.0 Å². The Kier molecular flexibility index (Phi) is 10.5. The molecule has 3 aliphatic heterocycles. The number of esters is 1. The fourth-order valence-corrected chi connectivity index (χ4v) is 7.04. The van der Waals surface area contributed by atoms with Crippen molar-refractivity contribution in [2.75, 3.05) is 30.1 Å². The number of allylic oxidation sites excluding steroid dienone is 3. The maximum atomic E-state index is 14.5. The van der Waals surface area contributed by atoms with Crippen LogP contribution >= 0.6 is 11.6 Å². The molecule has 2 amide bonds. The zero-order valence-electron chi connectivity index (χ0n) is 28.4. The van der Waals surface area contributed by atoms with Crippen LogP contribution in [0.1, 0.15) is 51.2 Å². The lowest BCUT2D eigenvalue weighted by Crippen LogP contribution is -2.53. The number of ether oxygens (including phenoxy) is 4. The van der Waals surface area contributed by atoms with Gasteiger partial charge in [-0.05, 0) is 62.6 Å². The molecule has 4 N–H and O–H groups in total. The van der Waals surface area contributed by atoms with Gasteiger partial charge in [0.1, 0.15) is 35.3 Å². The maximum absolute atomic E-state index is 14.5. The Balaban J connectivity index is 1.53. The van der Waals surface area contributed by atoms with Crippen LogP contribution in [0.2, 0.25) is 5.02 Å². The number of halogens is 2. The average Bonchev–Trinajstić information content (AvgIpc) is 3.73. The van der Waals surface area contributed by atoms with Crippen LogP contribution in [0, 0.1) is 18.7 Å². The van der Waals surface area contributed by atoms with E-state index >= 15 is 0 Å². The number of carbonyl (C=O) groups is 3.